The van der Waals surface area contributed by atoms with Gasteiger partial charge in [-0.15, -0.1) is 5.10 Å². The summed E-state index contributed by atoms with van der Waals surface area (Å²) in [4.78, 5) is 35.7. The molecule has 2 N–H and O–H groups in total. The van der Waals surface area contributed by atoms with Gasteiger partial charge in [-0.2, -0.15) is 0 Å². The summed E-state index contributed by atoms with van der Waals surface area (Å²) in [6.45, 7) is 3.97. The van der Waals surface area contributed by atoms with E-state index in [-0.39, 0.29) is 24.8 Å². The summed E-state index contributed by atoms with van der Waals surface area (Å²) in [5, 5.41) is 4.58. The van der Waals surface area contributed by atoms with E-state index < -0.39 is 5.69 Å². The molecule has 4 rings (SSSR count). The minimum atomic E-state index is -0.431. The van der Waals surface area contributed by atoms with Crippen molar-refractivity contribution in [3.8, 4) is 22.4 Å². The van der Waals surface area contributed by atoms with Gasteiger partial charge in [0.15, 0.2) is 5.65 Å². The number of aromatic nitrogens is 5. The van der Waals surface area contributed by atoms with E-state index in [1.54, 1.807) is 14.1 Å². The Morgan fingerprint density at radius 3 is 2.31 bits per heavy atom. The Morgan fingerprint density at radius 1 is 1.03 bits per heavy atom. The van der Waals surface area contributed by atoms with Crippen molar-refractivity contribution in [3.63, 3.8) is 0 Å². The van der Waals surface area contributed by atoms with Crippen molar-refractivity contribution in [1.29, 1.82) is 0 Å². The van der Waals surface area contributed by atoms with Gasteiger partial charge in [-0.1, -0.05) is 30.3 Å². The number of nitrogens with two attached hydrogens (primary N) is 1. The second kappa shape index (κ2) is 8.26. The minimum Gasteiger partial charge on any atom is -0.369 e. The molecule has 3 aromatic heterocycles. The molecule has 0 saturated heterocycles. The first-order valence-corrected chi connectivity index (χ1v) is 10.3. The van der Waals surface area contributed by atoms with Gasteiger partial charge in [0.2, 0.25) is 11.9 Å². The van der Waals surface area contributed by atoms with Gasteiger partial charge in [0.05, 0.1) is 17.8 Å². The Labute approximate surface area is 185 Å². The Kier molecular flexibility index (Phi) is 5.48. The van der Waals surface area contributed by atoms with Gasteiger partial charge in [-0.05, 0) is 31.5 Å². The molecule has 0 aliphatic carbocycles. The van der Waals surface area contributed by atoms with Crippen LogP contribution in [0.25, 0.3) is 28.0 Å². The van der Waals surface area contributed by atoms with Crippen LogP contribution in [-0.4, -0.2) is 49.1 Å². The van der Waals surface area contributed by atoms with E-state index >= 15 is 0 Å². The second-order valence-electron chi connectivity index (χ2n) is 7.90. The lowest BCUT2D eigenvalue weighted by Crippen LogP contribution is -2.27. The molecular formula is C23H25N7O2. The number of fused-ring (bicyclic) bond motifs is 1. The van der Waals surface area contributed by atoms with Crippen molar-refractivity contribution in [3.05, 3.63) is 64.3 Å². The number of anilines is 1. The van der Waals surface area contributed by atoms with Gasteiger partial charge >= 0.3 is 5.69 Å². The third kappa shape index (κ3) is 3.84. The van der Waals surface area contributed by atoms with Crippen LogP contribution in [0.4, 0.5) is 5.95 Å². The molecule has 0 fully saturated rings. The van der Waals surface area contributed by atoms with Crippen LogP contribution in [0.3, 0.4) is 0 Å². The second-order valence-corrected chi connectivity index (χ2v) is 7.90. The summed E-state index contributed by atoms with van der Waals surface area (Å²) >= 11 is 0. The number of amides is 1. The lowest BCUT2D eigenvalue weighted by molar-refractivity contribution is -0.128. The smallest absolute Gasteiger partial charge is 0.353 e. The molecule has 1 aromatic carbocycles. The number of hydrogen-bond acceptors (Lipinski definition) is 6. The van der Waals surface area contributed by atoms with Crippen molar-refractivity contribution >= 4 is 17.5 Å². The van der Waals surface area contributed by atoms with Gasteiger partial charge in [0, 0.05) is 37.5 Å². The number of aryl methyl sites for hydroxylation is 3. The van der Waals surface area contributed by atoms with Crippen LogP contribution in [0, 0.1) is 13.8 Å². The highest BCUT2D eigenvalue weighted by Gasteiger charge is 2.22. The summed E-state index contributed by atoms with van der Waals surface area (Å²) in [7, 11) is 3.35. The zero-order chi connectivity index (χ0) is 23.0. The van der Waals surface area contributed by atoms with Crippen LogP contribution in [0.5, 0.6) is 0 Å². The number of hydrogen-bond donors (Lipinski definition) is 1. The number of pyridine rings is 1. The normalized spacial score (nSPS) is 11.1. The summed E-state index contributed by atoms with van der Waals surface area (Å²) < 4.78 is 2.57. The molecule has 9 heteroatoms. The van der Waals surface area contributed by atoms with Gasteiger partial charge in [-0.3, -0.25) is 9.78 Å². The number of nitrogen functional groups attached to an aromatic ring is 1. The maximum atomic E-state index is 13.1. The predicted octanol–water partition coefficient (Wildman–Crippen LogP) is 2.30. The van der Waals surface area contributed by atoms with E-state index in [1.807, 2.05) is 56.3 Å². The highest BCUT2D eigenvalue weighted by atomic mass is 16.2. The minimum absolute atomic E-state index is 0.0419. The lowest BCUT2D eigenvalue weighted by atomic mass is 9.99. The Bertz CT molecular complexity index is 1350. The number of nitrogens with zero attached hydrogens (tertiary/aromatic N) is 6. The first kappa shape index (κ1) is 21.2. The highest BCUT2D eigenvalue weighted by molar-refractivity contribution is 5.90. The molecule has 1 amide bonds. The molecular weight excluding hydrogens is 406 g/mol. The largest absolute Gasteiger partial charge is 0.369 e. The van der Waals surface area contributed by atoms with Crippen molar-refractivity contribution in [1.82, 2.24) is 29.0 Å². The maximum Gasteiger partial charge on any atom is 0.353 e. The fourth-order valence-electron chi connectivity index (χ4n) is 3.72. The summed E-state index contributed by atoms with van der Waals surface area (Å²) in [5.41, 5.74) is 10.9. The first-order chi connectivity index (χ1) is 15.3. The first-order valence-electron chi connectivity index (χ1n) is 10.3. The fourth-order valence-corrected chi connectivity index (χ4v) is 3.72. The van der Waals surface area contributed by atoms with Crippen LogP contribution < -0.4 is 11.4 Å². The van der Waals surface area contributed by atoms with Crippen LogP contribution in [0.2, 0.25) is 0 Å². The quantitative estimate of drug-likeness (QED) is 0.519. The molecule has 0 unspecified atom stereocenters. The van der Waals surface area contributed by atoms with E-state index in [2.05, 4.69) is 15.1 Å². The van der Waals surface area contributed by atoms with Gasteiger partial charge in [0.1, 0.15) is 0 Å². The van der Waals surface area contributed by atoms with Gasteiger partial charge in [-0.25, -0.2) is 18.9 Å². The Hall–Kier alpha value is -4.01. The number of carbonyl (C=O) groups excluding carboxylic acids is 1. The summed E-state index contributed by atoms with van der Waals surface area (Å²) in [6.07, 6.45) is 0.151. The van der Waals surface area contributed by atoms with E-state index in [4.69, 9.17) is 5.73 Å². The van der Waals surface area contributed by atoms with E-state index in [1.165, 1.54) is 14.0 Å². The molecule has 9 nitrogen and oxygen atoms in total. The summed E-state index contributed by atoms with van der Waals surface area (Å²) in [6, 6.07) is 13.5. The number of benzene rings is 1. The topological polar surface area (TPSA) is 111 Å². The molecule has 3 heterocycles. The monoisotopic (exact) mass is 431 g/mol. The molecule has 0 aliphatic rings. The third-order valence-electron chi connectivity index (χ3n) is 5.21. The van der Waals surface area contributed by atoms with Crippen molar-refractivity contribution in [2.24, 2.45) is 0 Å². The average Bonchev–Trinajstić information content (AvgIpc) is 3.08. The zero-order valence-electron chi connectivity index (χ0n) is 18.5. The molecule has 0 atom stereocenters. The predicted molar refractivity (Wildman–Crippen MR) is 123 cm³/mol. The van der Waals surface area contributed by atoms with Crippen molar-refractivity contribution in [2.45, 2.75) is 26.8 Å². The van der Waals surface area contributed by atoms with Crippen LogP contribution >= 0.6 is 0 Å². The van der Waals surface area contributed by atoms with Crippen LogP contribution in [0.15, 0.2) is 47.3 Å². The third-order valence-corrected chi connectivity index (χ3v) is 5.21. The van der Waals surface area contributed by atoms with Gasteiger partial charge in [0.25, 0.3) is 0 Å². The Morgan fingerprint density at radius 2 is 1.69 bits per heavy atom. The molecule has 0 bridgehead atoms. The maximum absolute atomic E-state index is 13.1. The Balaban J connectivity index is 2.00. The molecule has 0 radical (unpaired) electrons. The van der Waals surface area contributed by atoms with Crippen LogP contribution in [0.1, 0.15) is 17.8 Å². The van der Waals surface area contributed by atoms with Crippen molar-refractivity contribution < 1.29 is 4.79 Å². The number of carbonyl (C=O) groups is 1. The van der Waals surface area contributed by atoms with Crippen LogP contribution in [-0.2, 0) is 11.3 Å². The average molecular weight is 432 g/mol. The molecule has 0 saturated carbocycles. The molecule has 4 aromatic rings. The SMILES string of the molecule is Cc1cc(-c2c(-c3ccccc3)nc(N)n3c(=O)n(CCC(=O)N(C)C)nc23)cc(C)n1. The highest BCUT2D eigenvalue weighted by Crippen LogP contribution is 2.34. The number of rotatable bonds is 5. The van der Waals surface area contributed by atoms with E-state index in [9.17, 15) is 9.59 Å². The van der Waals surface area contributed by atoms with Crippen molar-refractivity contribution in [2.75, 3.05) is 19.8 Å². The molecule has 32 heavy (non-hydrogen) atoms. The fraction of sp³-hybridized carbons (Fsp3) is 0.261. The van der Waals surface area contributed by atoms with Gasteiger partial charge < -0.3 is 10.6 Å². The molecule has 0 aliphatic heterocycles. The molecule has 164 valence electrons. The standard InChI is InChI=1S/C23H25N7O2/c1-14-12-17(13-15(2)25-14)19-20(16-8-6-5-7-9-16)26-22(24)30-21(19)27-29(23(30)32)11-10-18(31)28(3)4/h5-9,12-13H,10-11H2,1-4H3,(H2,24,26). The lowest BCUT2D eigenvalue weighted by Gasteiger charge is -2.13. The zero-order valence-corrected chi connectivity index (χ0v) is 18.5. The molecule has 0 spiro atoms. The summed E-state index contributed by atoms with van der Waals surface area (Å²) in [5.74, 6) is -0.0501. The van der Waals surface area contributed by atoms with E-state index in [0.29, 0.717) is 16.9 Å². The van der Waals surface area contributed by atoms with E-state index in [0.717, 1.165) is 22.5 Å².